The van der Waals surface area contributed by atoms with E-state index in [2.05, 4.69) is 9.97 Å². The summed E-state index contributed by atoms with van der Waals surface area (Å²) in [7, 11) is 0. The van der Waals surface area contributed by atoms with Crippen molar-refractivity contribution >= 4 is 17.5 Å². The predicted molar refractivity (Wildman–Crippen MR) is 74.7 cm³/mol. The average Bonchev–Trinajstić information content (AvgIpc) is 2.24. The van der Waals surface area contributed by atoms with E-state index in [4.69, 9.17) is 10.5 Å². The summed E-state index contributed by atoms with van der Waals surface area (Å²) in [4.78, 5) is 20.6. The molecule has 0 spiro atoms. The Morgan fingerprint density at radius 3 is 2.70 bits per heavy atom. The molecule has 1 saturated heterocycles. The van der Waals surface area contributed by atoms with Crippen molar-refractivity contribution in [3.63, 3.8) is 0 Å². The van der Waals surface area contributed by atoms with Crippen LogP contribution in [0.15, 0.2) is 0 Å². The van der Waals surface area contributed by atoms with Crippen LogP contribution in [0.4, 0.5) is 17.5 Å². The second kappa shape index (κ2) is 4.86. The fourth-order valence-electron chi connectivity index (χ4n) is 2.62. The van der Waals surface area contributed by atoms with E-state index < -0.39 is 10.5 Å². The maximum absolute atomic E-state index is 11.3. The van der Waals surface area contributed by atoms with E-state index in [0.29, 0.717) is 13.1 Å². The number of nitrogen functional groups attached to an aromatic ring is 1. The highest BCUT2D eigenvalue weighted by molar-refractivity contribution is 5.62. The van der Waals surface area contributed by atoms with Crippen LogP contribution in [-0.4, -0.2) is 39.7 Å². The fourth-order valence-corrected chi connectivity index (χ4v) is 2.62. The van der Waals surface area contributed by atoms with Gasteiger partial charge in [0.25, 0.3) is 0 Å². The van der Waals surface area contributed by atoms with E-state index in [9.17, 15) is 10.1 Å². The van der Waals surface area contributed by atoms with Gasteiger partial charge in [0.15, 0.2) is 0 Å². The molecular weight excluding hydrogens is 262 g/mol. The van der Waals surface area contributed by atoms with Crippen LogP contribution in [0.1, 0.15) is 26.5 Å². The second-order valence-electron chi connectivity index (χ2n) is 5.67. The highest BCUT2D eigenvalue weighted by Crippen LogP contribution is 2.33. The topological polar surface area (TPSA) is 107 Å². The molecule has 1 aromatic heterocycles. The highest BCUT2D eigenvalue weighted by Gasteiger charge is 2.36. The van der Waals surface area contributed by atoms with Gasteiger partial charge in [-0.05, 0) is 27.7 Å². The largest absolute Gasteiger partial charge is 0.369 e. The van der Waals surface area contributed by atoms with Crippen molar-refractivity contribution in [1.82, 2.24) is 9.97 Å². The number of hydrogen-bond donors (Lipinski definition) is 1. The molecule has 0 aliphatic carbocycles. The molecule has 1 unspecified atom stereocenters. The third-order valence-electron chi connectivity index (χ3n) is 3.11. The minimum Gasteiger partial charge on any atom is -0.369 e. The second-order valence-corrected chi connectivity index (χ2v) is 5.67. The first-order valence-electron chi connectivity index (χ1n) is 6.41. The lowest BCUT2D eigenvalue weighted by Gasteiger charge is -2.42. The van der Waals surface area contributed by atoms with E-state index >= 15 is 0 Å². The quantitative estimate of drug-likeness (QED) is 0.642. The molecular formula is C12H19N5O3. The normalized spacial score (nSPS) is 21.8. The zero-order chi connectivity index (χ0) is 15.1. The summed E-state index contributed by atoms with van der Waals surface area (Å²) < 4.78 is 5.80. The number of nitrogens with two attached hydrogens (primary N) is 1. The van der Waals surface area contributed by atoms with E-state index in [1.807, 2.05) is 25.7 Å². The van der Waals surface area contributed by atoms with Crippen LogP contribution in [0.3, 0.4) is 0 Å². The lowest BCUT2D eigenvalue weighted by Crippen LogP contribution is -2.52. The number of aryl methyl sites for hydroxylation is 1. The van der Waals surface area contributed by atoms with Gasteiger partial charge in [0.1, 0.15) is 5.69 Å². The Morgan fingerprint density at radius 2 is 2.15 bits per heavy atom. The lowest BCUT2D eigenvalue weighted by atomic mass is 10.1. The molecule has 0 saturated carbocycles. The van der Waals surface area contributed by atoms with Gasteiger partial charge in [0.05, 0.1) is 16.6 Å². The van der Waals surface area contributed by atoms with Gasteiger partial charge in [0.2, 0.25) is 11.8 Å². The van der Waals surface area contributed by atoms with E-state index in [1.165, 1.54) is 0 Å². The first kappa shape index (κ1) is 14.4. The highest BCUT2D eigenvalue weighted by atomic mass is 16.6. The molecule has 20 heavy (non-hydrogen) atoms. The summed E-state index contributed by atoms with van der Waals surface area (Å²) >= 11 is 0. The minimum atomic E-state index is -0.461. The Balaban J connectivity index is 2.48. The molecule has 2 heterocycles. The molecule has 1 aliphatic heterocycles. The van der Waals surface area contributed by atoms with Crippen LogP contribution in [0.25, 0.3) is 0 Å². The maximum atomic E-state index is 11.3. The van der Waals surface area contributed by atoms with Crippen molar-refractivity contribution in [1.29, 1.82) is 0 Å². The van der Waals surface area contributed by atoms with E-state index in [-0.39, 0.29) is 29.3 Å². The van der Waals surface area contributed by atoms with Crippen LogP contribution in [0.5, 0.6) is 0 Å². The number of anilines is 2. The van der Waals surface area contributed by atoms with E-state index in [0.717, 1.165) is 0 Å². The van der Waals surface area contributed by atoms with Crippen molar-refractivity contribution < 1.29 is 9.66 Å². The number of hydrogen-bond acceptors (Lipinski definition) is 7. The summed E-state index contributed by atoms with van der Waals surface area (Å²) in [6, 6.07) is 0. The molecule has 0 amide bonds. The first-order valence-corrected chi connectivity index (χ1v) is 6.41. The molecule has 110 valence electrons. The SMILES string of the molecule is Cc1nc(N)nc(N2CC(C)OC(C)(C)C2)c1[N+](=O)[O-]. The number of rotatable bonds is 2. The Kier molecular flexibility index (Phi) is 3.51. The third kappa shape index (κ3) is 2.79. The molecule has 1 fully saturated rings. The number of morpholine rings is 1. The first-order chi connectivity index (χ1) is 9.19. The molecule has 1 aromatic rings. The molecule has 8 heteroatoms. The van der Waals surface area contributed by atoms with Gasteiger partial charge in [0, 0.05) is 13.1 Å². The molecule has 8 nitrogen and oxygen atoms in total. The summed E-state index contributed by atoms with van der Waals surface area (Å²) in [5.74, 6) is 0.309. The van der Waals surface area contributed by atoms with Crippen LogP contribution in [0.2, 0.25) is 0 Å². The zero-order valence-electron chi connectivity index (χ0n) is 12.1. The summed E-state index contributed by atoms with van der Waals surface area (Å²) in [5.41, 5.74) is 5.41. The standard InChI is InChI=1S/C12H19N5O3/c1-7-5-16(6-12(3,4)20-7)10-9(17(18)19)8(2)14-11(13)15-10/h7H,5-6H2,1-4H3,(H2,13,14,15). The minimum absolute atomic E-state index is 0.0417. The zero-order valence-corrected chi connectivity index (χ0v) is 12.1. The summed E-state index contributed by atoms with van der Waals surface area (Å²) in [6.07, 6.45) is -0.0464. The number of nitro groups is 1. The molecule has 2 N–H and O–H groups in total. The van der Waals surface area contributed by atoms with Gasteiger partial charge in [-0.15, -0.1) is 0 Å². The monoisotopic (exact) mass is 281 g/mol. The van der Waals surface area contributed by atoms with Gasteiger partial charge in [-0.25, -0.2) is 4.98 Å². The van der Waals surface area contributed by atoms with Crippen LogP contribution in [0, 0.1) is 17.0 Å². The lowest BCUT2D eigenvalue weighted by molar-refractivity contribution is -0.385. The van der Waals surface area contributed by atoms with Gasteiger partial charge in [-0.2, -0.15) is 4.98 Å². The Labute approximate surface area is 117 Å². The fraction of sp³-hybridized carbons (Fsp3) is 0.667. The van der Waals surface area contributed by atoms with Gasteiger partial charge >= 0.3 is 5.69 Å². The van der Waals surface area contributed by atoms with Crippen LogP contribution >= 0.6 is 0 Å². The van der Waals surface area contributed by atoms with Gasteiger partial charge < -0.3 is 15.4 Å². The summed E-state index contributed by atoms with van der Waals surface area (Å²) in [6.45, 7) is 8.41. The molecule has 0 aromatic carbocycles. The third-order valence-corrected chi connectivity index (χ3v) is 3.11. The Hall–Kier alpha value is -1.96. The molecule has 1 aliphatic rings. The van der Waals surface area contributed by atoms with Crippen molar-refractivity contribution in [3.05, 3.63) is 15.8 Å². The van der Waals surface area contributed by atoms with Crippen LogP contribution < -0.4 is 10.6 Å². The number of aromatic nitrogens is 2. The Bertz CT molecular complexity index is 546. The van der Waals surface area contributed by atoms with Crippen molar-refractivity contribution in [2.24, 2.45) is 0 Å². The smallest absolute Gasteiger partial charge is 0.332 e. The number of nitrogens with zero attached hydrogens (tertiary/aromatic N) is 4. The van der Waals surface area contributed by atoms with Crippen molar-refractivity contribution in [2.75, 3.05) is 23.7 Å². The Morgan fingerprint density at radius 1 is 1.50 bits per heavy atom. The average molecular weight is 281 g/mol. The maximum Gasteiger partial charge on any atom is 0.332 e. The predicted octanol–water partition coefficient (Wildman–Crippen LogP) is 1.28. The number of ether oxygens (including phenoxy) is 1. The van der Waals surface area contributed by atoms with Crippen molar-refractivity contribution in [2.45, 2.75) is 39.4 Å². The molecule has 1 atom stereocenters. The van der Waals surface area contributed by atoms with Crippen LogP contribution in [-0.2, 0) is 4.74 Å². The van der Waals surface area contributed by atoms with E-state index in [1.54, 1.807) is 6.92 Å². The van der Waals surface area contributed by atoms with Crippen molar-refractivity contribution in [3.8, 4) is 0 Å². The van der Waals surface area contributed by atoms with Gasteiger partial charge in [-0.1, -0.05) is 0 Å². The molecule has 0 radical (unpaired) electrons. The summed E-state index contributed by atoms with van der Waals surface area (Å²) in [5, 5.41) is 11.3. The molecule has 0 bridgehead atoms. The van der Waals surface area contributed by atoms with Gasteiger partial charge in [-0.3, -0.25) is 10.1 Å². The molecule has 2 rings (SSSR count).